The Morgan fingerprint density at radius 3 is 2.26 bits per heavy atom. The van der Waals surface area contributed by atoms with E-state index in [1.807, 2.05) is 32.9 Å². The molecular weight excluding hydrogens is 418 g/mol. The number of carbonyl (C=O) groups is 3. The molecule has 0 unspecified atom stereocenters. The van der Waals surface area contributed by atoms with Crippen molar-refractivity contribution >= 4 is 34.2 Å². The van der Waals surface area contributed by atoms with E-state index in [4.69, 9.17) is 14.2 Å². The van der Waals surface area contributed by atoms with Gasteiger partial charge in [-0.25, -0.2) is 9.59 Å². The van der Waals surface area contributed by atoms with Gasteiger partial charge in [0.05, 0.1) is 18.3 Å². The Hall–Kier alpha value is -2.87. The first-order valence-corrected chi connectivity index (χ1v) is 10.9. The minimum absolute atomic E-state index is 0.152. The molecule has 0 aliphatic heterocycles. The number of aryl methyl sites for hydroxylation is 2. The van der Waals surface area contributed by atoms with Crippen LogP contribution in [0.2, 0.25) is 0 Å². The molecule has 168 valence electrons. The van der Waals surface area contributed by atoms with Crippen LogP contribution in [0.5, 0.6) is 5.75 Å². The van der Waals surface area contributed by atoms with Crippen LogP contribution in [0.4, 0.5) is 5.00 Å². The van der Waals surface area contributed by atoms with E-state index < -0.39 is 17.8 Å². The molecule has 1 aromatic heterocycles. The molecule has 2 rings (SSSR count). The van der Waals surface area contributed by atoms with E-state index >= 15 is 0 Å². The summed E-state index contributed by atoms with van der Waals surface area (Å²) in [6, 6.07) is 3.93. The number of rotatable bonds is 8. The number of hydrogen-bond acceptors (Lipinski definition) is 7. The highest BCUT2D eigenvalue weighted by molar-refractivity contribution is 7.18. The minimum Gasteiger partial charge on any atom is -0.483 e. The lowest BCUT2D eigenvalue weighted by Gasteiger charge is -2.14. The van der Waals surface area contributed by atoms with E-state index in [-0.39, 0.29) is 34.8 Å². The van der Waals surface area contributed by atoms with Gasteiger partial charge in [-0.2, -0.15) is 0 Å². The Balaban J connectivity index is 2.26. The van der Waals surface area contributed by atoms with Crippen LogP contribution in [0.1, 0.15) is 63.1 Å². The van der Waals surface area contributed by atoms with Crippen molar-refractivity contribution in [3.05, 3.63) is 44.8 Å². The zero-order valence-electron chi connectivity index (χ0n) is 19.0. The maximum absolute atomic E-state index is 12.6. The Labute approximate surface area is 186 Å². The molecule has 0 spiro atoms. The number of amides is 1. The fourth-order valence-electron chi connectivity index (χ4n) is 2.96. The molecule has 2 aromatic rings. The van der Waals surface area contributed by atoms with Crippen molar-refractivity contribution in [1.29, 1.82) is 0 Å². The van der Waals surface area contributed by atoms with Crippen LogP contribution >= 0.6 is 11.3 Å². The molecule has 0 aliphatic rings. The fraction of sp³-hybridized carbons (Fsp3) is 0.435. The lowest BCUT2D eigenvalue weighted by molar-refractivity contribution is -0.118. The van der Waals surface area contributed by atoms with Gasteiger partial charge in [0.2, 0.25) is 0 Å². The standard InChI is InChI=1S/C23H29NO6S/c1-8-28-22(26)18-16(7)20(23(27)30-12(2)3)31-21(18)24-17(25)11-29-19-14(5)10-9-13(4)15(19)6/h9-10,12H,8,11H2,1-7H3,(H,24,25). The molecule has 31 heavy (non-hydrogen) atoms. The molecule has 0 saturated heterocycles. The molecule has 8 heteroatoms. The Morgan fingerprint density at radius 2 is 1.65 bits per heavy atom. The highest BCUT2D eigenvalue weighted by Gasteiger charge is 2.28. The van der Waals surface area contributed by atoms with Crippen molar-refractivity contribution in [3.63, 3.8) is 0 Å². The van der Waals surface area contributed by atoms with Crippen molar-refractivity contribution in [2.45, 2.75) is 54.6 Å². The summed E-state index contributed by atoms with van der Waals surface area (Å²) < 4.78 is 16.1. The van der Waals surface area contributed by atoms with Gasteiger partial charge in [-0.3, -0.25) is 4.79 Å². The topological polar surface area (TPSA) is 90.9 Å². The summed E-state index contributed by atoms with van der Waals surface area (Å²) in [5.74, 6) is -0.951. The number of esters is 2. The summed E-state index contributed by atoms with van der Waals surface area (Å²) in [5, 5.41) is 2.92. The lowest BCUT2D eigenvalue weighted by atomic mass is 10.1. The second kappa shape index (κ2) is 10.4. The predicted molar refractivity (Wildman–Crippen MR) is 120 cm³/mol. The number of ether oxygens (including phenoxy) is 3. The summed E-state index contributed by atoms with van der Waals surface area (Å²) in [6.45, 7) is 12.5. The summed E-state index contributed by atoms with van der Waals surface area (Å²) in [6.07, 6.45) is -0.313. The Kier molecular flexibility index (Phi) is 8.21. The van der Waals surface area contributed by atoms with Gasteiger partial charge in [0.15, 0.2) is 6.61 Å². The zero-order valence-corrected chi connectivity index (χ0v) is 19.8. The van der Waals surface area contributed by atoms with E-state index in [2.05, 4.69) is 5.32 Å². The summed E-state index contributed by atoms with van der Waals surface area (Å²) >= 11 is 0.986. The van der Waals surface area contributed by atoms with Gasteiger partial charge in [0, 0.05) is 0 Å². The molecule has 1 amide bonds. The second-order valence-corrected chi connectivity index (χ2v) is 8.45. The molecule has 0 saturated carbocycles. The number of carbonyl (C=O) groups excluding carboxylic acids is 3. The highest BCUT2D eigenvalue weighted by atomic mass is 32.1. The predicted octanol–water partition coefficient (Wildman–Crippen LogP) is 4.74. The van der Waals surface area contributed by atoms with Crippen molar-refractivity contribution in [3.8, 4) is 5.75 Å². The van der Waals surface area contributed by atoms with Gasteiger partial charge in [-0.1, -0.05) is 12.1 Å². The molecule has 1 aromatic carbocycles. The van der Waals surface area contributed by atoms with Crippen molar-refractivity contribution in [2.75, 3.05) is 18.5 Å². The molecule has 0 aliphatic carbocycles. The Morgan fingerprint density at radius 1 is 1.00 bits per heavy atom. The summed E-state index contributed by atoms with van der Waals surface area (Å²) in [4.78, 5) is 37.8. The third-order valence-electron chi connectivity index (χ3n) is 4.63. The quantitative estimate of drug-likeness (QED) is 0.588. The SMILES string of the molecule is CCOC(=O)c1c(NC(=O)COc2c(C)ccc(C)c2C)sc(C(=O)OC(C)C)c1C. The van der Waals surface area contributed by atoms with Gasteiger partial charge in [0.1, 0.15) is 15.6 Å². The van der Waals surface area contributed by atoms with Crippen molar-refractivity contribution in [1.82, 2.24) is 0 Å². The van der Waals surface area contributed by atoms with Crippen LogP contribution in [0.15, 0.2) is 12.1 Å². The number of hydrogen-bond donors (Lipinski definition) is 1. The Bertz CT molecular complexity index is 992. The molecule has 1 N–H and O–H groups in total. The number of anilines is 1. The highest BCUT2D eigenvalue weighted by Crippen LogP contribution is 2.34. The molecule has 0 radical (unpaired) electrons. The van der Waals surface area contributed by atoms with E-state index in [1.165, 1.54) is 0 Å². The van der Waals surface area contributed by atoms with Crippen LogP contribution < -0.4 is 10.1 Å². The van der Waals surface area contributed by atoms with E-state index in [1.54, 1.807) is 27.7 Å². The van der Waals surface area contributed by atoms with Gasteiger partial charge in [0.25, 0.3) is 5.91 Å². The molecule has 1 heterocycles. The average molecular weight is 448 g/mol. The van der Waals surface area contributed by atoms with Crippen molar-refractivity contribution in [2.24, 2.45) is 0 Å². The van der Waals surface area contributed by atoms with Gasteiger partial charge in [-0.15, -0.1) is 11.3 Å². The van der Waals surface area contributed by atoms with Crippen LogP contribution in [0.25, 0.3) is 0 Å². The maximum atomic E-state index is 12.6. The van der Waals surface area contributed by atoms with Crippen LogP contribution in [0.3, 0.4) is 0 Å². The number of nitrogens with one attached hydrogen (secondary N) is 1. The lowest BCUT2D eigenvalue weighted by Crippen LogP contribution is -2.21. The zero-order chi connectivity index (χ0) is 23.3. The van der Waals surface area contributed by atoms with E-state index in [0.29, 0.717) is 11.3 Å². The smallest absolute Gasteiger partial charge is 0.348 e. The van der Waals surface area contributed by atoms with E-state index in [9.17, 15) is 14.4 Å². The largest absolute Gasteiger partial charge is 0.483 e. The maximum Gasteiger partial charge on any atom is 0.348 e. The van der Waals surface area contributed by atoms with Gasteiger partial charge < -0.3 is 19.5 Å². The number of benzene rings is 1. The van der Waals surface area contributed by atoms with Crippen LogP contribution in [-0.2, 0) is 14.3 Å². The minimum atomic E-state index is -0.610. The normalized spacial score (nSPS) is 10.7. The van der Waals surface area contributed by atoms with Crippen molar-refractivity contribution < 1.29 is 28.6 Å². The van der Waals surface area contributed by atoms with Gasteiger partial charge >= 0.3 is 11.9 Å². The number of thiophene rings is 1. The summed E-state index contributed by atoms with van der Waals surface area (Å²) in [5.41, 5.74) is 3.52. The monoisotopic (exact) mass is 447 g/mol. The first-order chi connectivity index (χ1) is 14.6. The third-order valence-corrected chi connectivity index (χ3v) is 5.82. The van der Waals surface area contributed by atoms with Crippen LogP contribution in [-0.4, -0.2) is 37.2 Å². The summed E-state index contributed by atoms with van der Waals surface area (Å²) in [7, 11) is 0. The first kappa shape index (κ1) is 24.4. The molecule has 0 fully saturated rings. The molecular formula is C23H29NO6S. The average Bonchev–Trinajstić information content (AvgIpc) is 3.00. The van der Waals surface area contributed by atoms with E-state index in [0.717, 1.165) is 28.0 Å². The third kappa shape index (κ3) is 5.85. The van der Waals surface area contributed by atoms with Gasteiger partial charge in [-0.05, 0) is 70.7 Å². The first-order valence-electron chi connectivity index (χ1n) is 10.1. The molecule has 0 bridgehead atoms. The second-order valence-electron chi connectivity index (χ2n) is 7.43. The molecule has 0 atom stereocenters. The van der Waals surface area contributed by atoms with Crippen LogP contribution in [0, 0.1) is 27.7 Å². The fourth-order valence-corrected chi connectivity index (χ4v) is 4.06. The molecule has 7 nitrogen and oxygen atoms in total.